The average Bonchev–Trinajstić information content (AvgIpc) is 2.86. The Morgan fingerprint density at radius 1 is 0.958 bits per heavy atom. The normalized spacial score (nSPS) is 57.1. The van der Waals surface area contributed by atoms with E-state index in [2.05, 4.69) is 20.8 Å². The molecule has 0 heterocycles. The van der Waals surface area contributed by atoms with Crippen LogP contribution in [0.15, 0.2) is 0 Å². The highest BCUT2D eigenvalue weighted by Gasteiger charge is 2.63. The highest BCUT2D eigenvalue weighted by Crippen LogP contribution is 2.68. The van der Waals surface area contributed by atoms with Gasteiger partial charge in [0, 0.05) is 5.54 Å². The molecule has 138 valence electrons. The quantitative estimate of drug-likeness (QED) is 0.756. The van der Waals surface area contributed by atoms with Crippen LogP contribution in [0.5, 0.6) is 0 Å². The second-order valence-corrected chi connectivity index (χ2v) is 10.5. The molecule has 0 bridgehead atoms. The second kappa shape index (κ2) is 5.71. The predicted molar refractivity (Wildman–Crippen MR) is 99.6 cm³/mol. The Hall–Kier alpha value is -0.0800. The summed E-state index contributed by atoms with van der Waals surface area (Å²) in [7, 11) is 0. The van der Waals surface area contributed by atoms with Gasteiger partial charge in [0.1, 0.15) is 0 Å². The van der Waals surface area contributed by atoms with Crippen LogP contribution < -0.4 is 5.73 Å². The molecule has 0 aliphatic heterocycles. The maximum atomic E-state index is 10.2. The van der Waals surface area contributed by atoms with E-state index in [9.17, 15) is 5.11 Å². The van der Waals surface area contributed by atoms with Gasteiger partial charge in [0.15, 0.2) is 0 Å². The molecule has 24 heavy (non-hydrogen) atoms. The van der Waals surface area contributed by atoms with Gasteiger partial charge in [-0.05, 0) is 92.3 Å². The van der Waals surface area contributed by atoms with E-state index in [0.29, 0.717) is 5.41 Å². The van der Waals surface area contributed by atoms with Crippen LogP contribution in [-0.2, 0) is 0 Å². The molecule has 2 heteroatoms. The molecule has 4 fully saturated rings. The summed E-state index contributed by atoms with van der Waals surface area (Å²) in [6.45, 7) is 7.50. The number of rotatable bonds is 2. The van der Waals surface area contributed by atoms with E-state index in [1.807, 2.05) is 0 Å². The Morgan fingerprint density at radius 2 is 1.75 bits per heavy atom. The number of aliphatic hydroxyl groups is 1. The third-order valence-electron chi connectivity index (χ3n) is 9.75. The predicted octanol–water partition coefficient (Wildman–Crippen LogP) is 4.89. The van der Waals surface area contributed by atoms with Crippen LogP contribution in [0.1, 0.15) is 91.4 Å². The third-order valence-corrected chi connectivity index (χ3v) is 9.75. The van der Waals surface area contributed by atoms with Crippen molar-refractivity contribution in [1.82, 2.24) is 0 Å². The van der Waals surface area contributed by atoms with Crippen molar-refractivity contribution in [2.24, 2.45) is 40.2 Å². The summed E-state index contributed by atoms with van der Waals surface area (Å²) in [5, 5.41) is 10.2. The summed E-state index contributed by atoms with van der Waals surface area (Å²) in [6.07, 6.45) is 13.8. The van der Waals surface area contributed by atoms with Crippen molar-refractivity contribution in [1.29, 1.82) is 0 Å². The highest BCUT2D eigenvalue weighted by atomic mass is 16.3. The molecule has 0 aromatic heterocycles. The molecule has 0 aromatic rings. The van der Waals surface area contributed by atoms with Crippen LogP contribution in [0.2, 0.25) is 0 Å². The molecule has 0 spiro atoms. The van der Waals surface area contributed by atoms with Crippen LogP contribution in [0, 0.1) is 34.5 Å². The first-order valence-electron chi connectivity index (χ1n) is 10.8. The van der Waals surface area contributed by atoms with E-state index in [1.165, 1.54) is 44.9 Å². The summed E-state index contributed by atoms with van der Waals surface area (Å²) < 4.78 is 0. The third kappa shape index (κ3) is 2.21. The minimum Gasteiger partial charge on any atom is -0.393 e. The zero-order valence-corrected chi connectivity index (χ0v) is 16.2. The molecule has 8 atom stereocenters. The maximum absolute atomic E-state index is 10.2. The molecule has 0 aromatic carbocycles. The summed E-state index contributed by atoms with van der Waals surface area (Å²) in [6, 6.07) is 0. The van der Waals surface area contributed by atoms with Gasteiger partial charge >= 0.3 is 0 Å². The summed E-state index contributed by atoms with van der Waals surface area (Å²) in [5.41, 5.74) is 7.74. The minimum atomic E-state index is -0.158. The Morgan fingerprint density at radius 3 is 2.50 bits per heavy atom. The molecule has 0 saturated heterocycles. The molecule has 0 amide bonds. The van der Waals surface area contributed by atoms with Gasteiger partial charge in [-0.3, -0.25) is 0 Å². The Labute approximate surface area is 149 Å². The van der Waals surface area contributed by atoms with E-state index in [1.54, 1.807) is 0 Å². The Bertz CT molecular complexity index is 492. The van der Waals surface area contributed by atoms with Gasteiger partial charge in [0.05, 0.1) is 6.10 Å². The van der Waals surface area contributed by atoms with Crippen molar-refractivity contribution < 1.29 is 5.11 Å². The van der Waals surface area contributed by atoms with E-state index in [0.717, 1.165) is 49.4 Å². The van der Waals surface area contributed by atoms with Crippen LogP contribution >= 0.6 is 0 Å². The first kappa shape index (κ1) is 17.3. The van der Waals surface area contributed by atoms with Crippen LogP contribution in [-0.4, -0.2) is 16.7 Å². The van der Waals surface area contributed by atoms with Crippen molar-refractivity contribution in [3.8, 4) is 0 Å². The molecule has 4 aliphatic rings. The number of aliphatic hydroxyl groups excluding tert-OH is 1. The molecule has 4 rings (SSSR count). The van der Waals surface area contributed by atoms with Crippen LogP contribution in [0.3, 0.4) is 0 Å². The minimum absolute atomic E-state index is 0.110. The summed E-state index contributed by atoms with van der Waals surface area (Å²) in [4.78, 5) is 0. The fourth-order valence-corrected chi connectivity index (χ4v) is 8.25. The summed E-state index contributed by atoms with van der Waals surface area (Å²) >= 11 is 0. The lowest BCUT2D eigenvalue weighted by Gasteiger charge is -2.64. The molecular formula is C22H39NO. The molecule has 0 radical (unpaired) electrons. The second-order valence-electron chi connectivity index (χ2n) is 10.5. The van der Waals surface area contributed by atoms with Crippen molar-refractivity contribution in [2.45, 2.75) is 103 Å². The maximum Gasteiger partial charge on any atom is 0.0558 e. The van der Waals surface area contributed by atoms with Crippen molar-refractivity contribution in [2.75, 3.05) is 0 Å². The molecule has 2 nitrogen and oxygen atoms in total. The molecular weight excluding hydrogens is 294 g/mol. The van der Waals surface area contributed by atoms with E-state index in [-0.39, 0.29) is 17.1 Å². The largest absolute Gasteiger partial charge is 0.393 e. The highest BCUT2D eigenvalue weighted by molar-refractivity contribution is 5.15. The zero-order valence-electron chi connectivity index (χ0n) is 16.2. The fourth-order valence-electron chi connectivity index (χ4n) is 8.25. The monoisotopic (exact) mass is 333 g/mol. The van der Waals surface area contributed by atoms with Crippen molar-refractivity contribution in [3.63, 3.8) is 0 Å². The van der Waals surface area contributed by atoms with E-state index >= 15 is 0 Å². The van der Waals surface area contributed by atoms with E-state index in [4.69, 9.17) is 5.73 Å². The molecule has 4 aliphatic carbocycles. The van der Waals surface area contributed by atoms with Crippen LogP contribution in [0.4, 0.5) is 0 Å². The van der Waals surface area contributed by atoms with Gasteiger partial charge in [0.25, 0.3) is 0 Å². The van der Waals surface area contributed by atoms with Gasteiger partial charge in [-0.1, -0.05) is 33.6 Å². The number of hydrogen-bond acceptors (Lipinski definition) is 2. The smallest absolute Gasteiger partial charge is 0.0558 e. The number of fused-ring (bicyclic) bond motifs is 5. The van der Waals surface area contributed by atoms with Crippen molar-refractivity contribution >= 4 is 0 Å². The van der Waals surface area contributed by atoms with Crippen LogP contribution in [0.25, 0.3) is 0 Å². The fraction of sp³-hybridized carbons (Fsp3) is 1.00. The number of hydrogen-bond donors (Lipinski definition) is 2. The summed E-state index contributed by atoms with van der Waals surface area (Å²) in [5.74, 6) is 3.63. The Balaban J connectivity index is 1.62. The number of nitrogens with two attached hydrogens (primary N) is 1. The Kier molecular flexibility index (Phi) is 4.12. The van der Waals surface area contributed by atoms with Gasteiger partial charge in [-0.15, -0.1) is 0 Å². The molecule has 3 unspecified atom stereocenters. The van der Waals surface area contributed by atoms with E-state index < -0.39 is 0 Å². The topological polar surface area (TPSA) is 46.2 Å². The lowest BCUT2D eigenvalue weighted by molar-refractivity contribution is -0.138. The van der Waals surface area contributed by atoms with Gasteiger partial charge in [-0.25, -0.2) is 0 Å². The molecule has 4 saturated carbocycles. The SMILES string of the molecule is CCC[C@H]1CCC2C3CC[C@]4(N)C[C@@H](O)CC[C@]4(C)C3CC[C@@]21C. The molecule has 3 N–H and O–H groups in total. The standard InChI is InChI=1S/C22H39NO/c1-4-5-15-6-7-18-17-9-13-22(23)14-16(24)8-12-21(22,3)19(17)10-11-20(15,18)2/h15-19,24H,4-14,23H2,1-3H3/t15-,16-,17?,18?,19?,20+,21+,22-/m0/s1. The van der Waals surface area contributed by atoms with Gasteiger partial charge < -0.3 is 10.8 Å². The zero-order chi connectivity index (χ0) is 17.2. The van der Waals surface area contributed by atoms with Gasteiger partial charge in [-0.2, -0.15) is 0 Å². The lowest BCUT2D eigenvalue weighted by Crippen LogP contribution is -2.67. The average molecular weight is 334 g/mol. The first-order chi connectivity index (χ1) is 11.3. The lowest BCUT2D eigenvalue weighted by atomic mass is 9.42. The van der Waals surface area contributed by atoms with Crippen molar-refractivity contribution in [3.05, 3.63) is 0 Å². The first-order valence-corrected chi connectivity index (χ1v) is 10.8. The van der Waals surface area contributed by atoms with Gasteiger partial charge in [0.2, 0.25) is 0 Å².